The molecule has 1 saturated heterocycles. The summed E-state index contributed by atoms with van der Waals surface area (Å²) < 4.78 is 6.91. The lowest BCUT2D eigenvalue weighted by atomic mass is 9.91. The largest absolute Gasteiger partial charge is 0.467 e. The zero-order valence-corrected chi connectivity index (χ0v) is 19.3. The smallest absolute Gasteiger partial charge is 0.325 e. The maximum Gasteiger partial charge on any atom is 0.325 e. The van der Waals surface area contributed by atoms with Gasteiger partial charge in [0, 0.05) is 5.70 Å². The van der Waals surface area contributed by atoms with Crippen LogP contribution in [0.1, 0.15) is 43.9 Å². The van der Waals surface area contributed by atoms with Crippen molar-refractivity contribution in [3.63, 3.8) is 0 Å². The van der Waals surface area contributed by atoms with Crippen molar-refractivity contribution >= 4 is 17.8 Å². The quantitative estimate of drug-likeness (QED) is 0.520. The summed E-state index contributed by atoms with van der Waals surface area (Å²) in [6, 6.07) is 9.96. The Balaban J connectivity index is 1.38. The predicted octanol–water partition coefficient (Wildman–Crippen LogP) is 2.51. The Hall–Kier alpha value is -4.28. The van der Waals surface area contributed by atoms with Crippen molar-refractivity contribution in [3.05, 3.63) is 72.1 Å². The van der Waals surface area contributed by atoms with Crippen LogP contribution in [0.3, 0.4) is 0 Å². The van der Waals surface area contributed by atoms with Gasteiger partial charge in [-0.25, -0.2) is 9.48 Å². The number of tetrazole rings is 1. The minimum Gasteiger partial charge on any atom is -0.467 e. The summed E-state index contributed by atoms with van der Waals surface area (Å²) in [4.78, 5) is 42.4. The molecule has 0 spiro atoms. The molecule has 3 heterocycles. The monoisotopic (exact) mass is 475 g/mol. The highest BCUT2D eigenvalue weighted by Gasteiger charge is 2.50. The molecule has 1 fully saturated rings. The fraction of sp³-hybridized carbons (Fsp3) is 0.333. The van der Waals surface area contributed by atoms with Gasteiger partial charge in [-0.3, -0.25) is 14.5 Å². The lowest BCUT2D eigenvalue weighted by Crippen LogP contribution is -2.44. The molecule has 1 unspecified atom stereocenters. The van der Waals surface area contributed by atoms with Crippen molar-refractivity contribution in [2.75, 3.05) is 6.54 Å². The Morgan fingerprint density at radius 3 is 2.83 bits per heavy atom. The third kappa shape index (κ3) is 4.32. The van der Waals surface area contributed by atoms with Crippen LogP contribution in [0.4, 0.5) is 4.79 Å². The average molecular weight is 476 g/mol. The number of hydrogen-bond acceptors (Lipinski definition) is 7. The molecule has 1 atom stereocenters. The van der Waals surface area contributed by atoms with Gasteiger partial charge in [-0.15, -0.1) is 5.10 Å². The topological polar surface area (TPSA) is 126 Å². The van der Waals surface area contributed by atoms with Crippen LogP contribution in [0.15, 0.2) is 65.2 Å². The van der Waals surface area contributed by atoms with E-state index in [0.717, 1.165) is 36.3 Å². The van der Waals surface area contributed by atoms with Crippen molar-refractivity contribution in [2.45, 2.75) is 44.7 Å². The Kier molecular flexibility index (Phi) is 5.89. The van der Waals surface area contributed by atoms with Gasteiger partial charge in [-0.05, 0) is 72.9 Å². The first-order chi connectivity index (χ1) is 17.0. The first-order valence-electron chi connectivity index (χ1n) is 11.5. The van der Waals surface area contributed by atoms with E-state index in [1.807, 2.05) is 6.08 Å². The first-order valence-corrected chi connectivity index (χ1v) is 11.5. The standard InChI is InChI=1S/C24H25N7O4/c1-24(17-7-5-10-19(13-17)31-16-25-27-28-31)22(33)30(23(34)26-24)15-21(32)29(14-20-11-6-12-35-20)18-8-3-2-4-9-18/h5-8,10-13,16H,2-4,9,14-15H2,1H3,(H,26,34). The molecule has 1 N–H and O–H groups in total. The van der Waals surface area contributed by atoms with E-state index in [-0.39, 0.29) is 19.0 Å². The molecule has 1 aliphatic carbocycles. The molecular weight excluding hydrogens is 450 g/mol. The van der Waals surface area contributed by atoms with E-state index in [1.165, 1.54) is 11.0 Å². The molecule has 5 rings (SSSR count). The van der Waals surface area contributed by atoms with Crippen LogP contribution in [0, 0.1) is 0 Å². The number of amides is 4. The number of urea groups is 1. The molecule has 3 aromatic rings. The number of benzene rings is 1. The number of carbonyl (C=O) groups excluding carboxylic acids is 3. The zero-order chi connectivity index (χ0) is 24.4. The summed E-state index contributed by atoms with van der Waals surface area (Å²) in [5, 5.41) is 13.9. The number of hydrogen-bond donors (Lipinski definition) is 1. The van der Waals surface area contributed by atoms with Gasteiger partial charge in [-0.1, -0.05) is 18.2 Å². The number of nitrogens with one attached hydrogen (secondary N) is 1. The molecule has 35 heavy (non-hydrogen) atoms. The van der Waals surface area contributed by atoms with Crippen molar-refractivity contribution in [1.82, 2.24) is 35.3 Å². The third-order valence-corrected chi connectivity index (χ3v) is 6.41. The molecule has 0 bridgehead atoms. The molecule has 11 nitrogen and oxygen atoms in total. The van der Waals surface area contributed by atoms with Crippen molar-refractivity contribution in [1.29, 1.82) is 0 Å². The summed E-state index contributed by atoms with van der Waals surface area (Å²) in [5.74, 6) is -0.212. The number of aromatic nitrogens is 4. The second-order valence-corrected chi connectivity index (χ2v) is 8.75. The van der Waals surface area contributed by atoms with Crippen molar-refractivity contribution in [3.8, 4) is 5.69 Å². The second-order valence-electron chi connectivity index (χ2n) is 8.75. The fourth-order valence-corrected chi connectivity index (χ4v) is 4.47. The van der Waals surface area contributed by atoms with E-state index in [0.29, 0.717) is 17.0 Å². The van der Waals surface area contributed by atoms with Gasteiger partial charge in [-0.2, -0.15) is 0 Å². The highest BCUT2D eigenvalue weighted by molar-refractivity contribution is 6.09. The summed E-state index contributed by atoms with van der Waals surface area (Å²) in [5.41, 5.74) is 0.749. The molecule has 4 amide bonds. The summed E-state index contributed by atoms with van der Waals surface area (Å²) in [6.45, 7) is 1.50. The molecular formula is C24H25N7O4. The van der Waals surface area contributed by atoms with E-state index in [1.54, 1.807) is 54.5 Å². The van der Waals surface area contributed by atoms with Crippen molar-refractivity contribution in [2.24, 2.45) is 0 Å². The maximum atomic E-state index is 13.5. The van der Waals surface area contributed by atoms with Gasteiger partial charge in [0.2, 0.25) is 5.91 Å². The van der Waals surface area contributed by atoms with Gasteiger partial charge in [0.15, 0.2) is 0 Å². The molecule has 11 heteroatoms. The van der Waals surface area contributed by atoms with Crippen LogP contribution in [-0.4, -0.2) is 54.4 Å². The number of carbonyl (C=O) groups is 3. The number of nitrogens with zero attached hydrogens (tertiary/aromatic N) is 6. The molecule has 180 valence electrons. The van der Waals surface area contributed by atoms with Crippen LogP contribution >= 0.6 is 0 Å². The number of furan rings is 1. The van der Waals surface area contributed by atoms with E-state index in [4.69, 9.17) is 4.42 Å². The third-order valence-electron chi connectivity index (χ3n) is 6.41. The van der Waals surface area contributed by atoms with Crippen LogP contribution in [0.5, 0.6) is 0 Å². The normalized spacial score (nSPS) is 20.0. The Bertz CT molecular complexity index is 1270. The Morgan fingerprint density at radius 1 is 1.23 bits per heavy atom. The number of imide groups is 1. The number of rotatable bonds is 7. The minimum atomic E-state index is -1.34. The van der Waals surface area contributed by atoms with Crippen LogP contribution in [0.25, 0.3) is 5.69 Å². The summed E-state index contributed by atoms with van der Waals surface area (Å²) >= 11 is 0. The van der Waals surface area contributed by atoms with Gasteiger partial charge in [0.1, 0.15) is 24.2 Å². The summed E-state index contributed by atoms with van der Waals surface area (Å²) in [6.07, 6.45) is 8.73. The Labute approximate surface area is 201 Å². The van der Waals surface area contributed by atoms with Crippen LogP contribution < -0.4 is 5.32 Å². The molecule has 0 radical (unpaired) electrons. The predicted molar refractivity (Wildman–Crippen MR) is 123 cm³/mol. The van der Waals surface area contributed by atoms with E-state index >= 15 is 0 Å². The number of allylic oxidation sites excluding steroid dienone is 2. The van der Waals surface area contributed by atoms with Crippen LogP contribution in [-0.2, 0) is 21.7 Å². The second kappa shape index (κ2) is 9.16. The lowest BCUT2D eigenvalue weighted by molar-refractivity contribution is -0.138. The van der Waals surface area contributed by atoms with Gasteiger partial charge in [0.25, 0.3) is 5.91 Å². The first kappa shape index (κ1) is 22.5. The van der Waals surface area contributed by atoms with Crippen LogP contribution in [0.2, 0.25) is 0 Å². The molecule has 1 aromatic carbocycles. The maximum absolute atomic E-state index is 13.5. The lowest BCUT2D eigenvalue weighted by Gasteiger charge is -2.28. The van der Waals surface area contributed by atoms with Gasteiger partial charge < -0.3 is 14.6 Å². The van der Waals surface area contributed by atoms with E-state index in [9.17, 15) is 14.4 Å². The Morgan fingerprint density at radius 2 is 2.11 bits per heavy atom. The highest BCUT2D eigenvalue weighted by Crippen LogP contribution is 2.31. The molecule has 0 saturated carbocycles. The van der Waals surface area contributed by atoms with Crippen molar-refractivity contribution < 1.29 is 18.8 Å². The highest BCUT2D eigenvalue weighted by atomic mass is 16.3. The summed E-state index contributed by atoms with van der Waals surface area (Å²) in [7, 11) is 0. The van der Waals surface area contributed by atoms with E-state index < -0.39 is 17.5 Å². The van der Waals surface area contributed by atoms with Gasteiger partial charge >= 0.3 is 6.03 Å². The minimum absolute atomic E-state index is 0.243. The molecule has 1 aliphatic heterocycles. The zero-order valence-electron chi connectivity index (χ0n) is 19.3. The van der Waals surface area contributed by atoms with E-state index in [2.05, 4.69) is 20.8 Å². The molecule has 2 aromatic heterocycles. The SMILES string of the molecule is CC1(c2cccc(-n3cnnn3)c2)NC(=O)N(CC(=O)N(Cc2ccco2)C2=CCCCC2)C1=O. The molecule has 2 aliphatic rings. The average Bonchev–Trinajstić information content (AvgIpc) is 3.63. The fourth-order valence-electron chi connectivity index (χ4n) is 4.47. The van der Waals surface area contributed by atoms with Gasteiger partial charge in [0.05, 0.1) is 18.5 Å².